The Kier molecular flexibility index (Phi) is 2.56. The van der Waals surface area contributed by atoms with Gasteiger partial charge in [0.05, 0.1) is 0 Å². The highest BCUT2D eigenvalue weighted by Crippen LogP contribution is 2.31. The molecule has 0 unspecified atom stereocenters. The van der Waals surface area contributed by atoms with Gasteiger partial charge in [-0.3, -0.25) is 0 Å². The average molecular weight is 243 g/mol. The van der Waals surface area contributed by atoms with Gasteiger partial charge in [-0.25, -0.2) is 4.99 Å². The molecule has 78 valence electrons. The van der Waals surface area contributed by atoms with Crippen LogP contribution in [0, 0.1) is 0 Å². The zero-order chi connectivity index (χ0) is 10.8. The Labute approximate surface area is 102 Å². The molecule has 2 heterocycles. The molecule has 16 heavy (non-hydrogen) atoms. The number of nitrogens with zero attached hydrogens (tertiary/aromatic N) is 1. The number of aliphatic imine (C=N–C) groups is 1. The van der Waals surface area contributed by atoms with Gasteiger partial charge in [-0.05, 0) is 34.3 Å². The minimum Gasteiger partial charge on any atom is -0.245 e. The molecule has 0 radical (unpaired) electrons. The van der Waals surface area contributed by atoms with Crippen molar-refractivity contribution in [2.24, 2.45) is 4.99 Å². The summed E-state index contributed by atoms with van der Waals surface area (Å²) >= 11 is 3.42. The summed E-state index contributed by atoms with van der Waals surface area (Å²) in [5.74, 6) is 0. The minimum atomic E-state index is 1.06. The van der Waals surface area contributed by atoms with Gasteiger partial charge < -0.3 is 0 Å². The molecule has 0 atom stereocenters. The van der Waals surface area contributed by atoms with E-state index in [4.69, 9.17) is 0 Å². The van der Waals surface area contributed by atoms with E-state index in [9.17, 15) is 0 Å². The van der Waals surface area contributed by atoms with Gasteiger partial charge >= 0.3 is 0 Å². The van der Waals surface area contributed by atoms with E-state index in [1.807, 2.05) is 6.21 Å². The van der Waals surface area contributed by atoms with Gasteiger partial charge in [-0.15, -0.1) is 11.3 Å². The van der Waals surface area contributed by atoms with Gasteiger partial charge in [0.15, 0.2) is 0 Å². The summed E-state index contributed by atoms with van der Waals surface area (Å²) in [6.45, 7) is 0. The van der Waals surface area contributed by atoms with E-state index in [0.717, 1.165) is 5.00 Å². The van der Waals surface area contributed by atoms with Crippen molar-refractivity contribution in [2.75, 3.05) is 0 Å². The van der Waals surface area contributed by atoms with Crippen LogP contribution < -0.4 is 0 Å². The fourth-order valence-electron chi connectivity index (χ4n) is 1.52. The molecule has 1 nitrogen and oxygen atoms in total. The summed E-state index contributed by atoms with van der Waals surface area (Å²) in [6, 6.07) is 12.6. The third kappa shape index (κ3) is 1.92. The van der Waals surface area contributed by atoms with Crippen molar-refractivity contribution in [3.05, 3.63) is 52.7 Å². The van der Waals surface area contributed by atoms with Crippen LogP contribution in [-0.4, -0.2) is 6.21 Å². The van der Waals surface area contributed by atoms with Crippen LogP contribution >= 0.6 is 22.7 Å². The second-order valence-electron chi connectivity index (χ2n) is 3.44. The first-order valence-corrected chi connectivity index (χ1v) is 6.72. The average Bonchev–Trinajstić information content (AvgIpc) is 2.95. The predicted octanol–water partition coefficient (Wildman–Crippen LogP) is 4.71. The Morgan fingerprint density at radius 3 is 2.88 bits per heavy atom. The first kappa shape index (κ1) is 9.75. The van der Waals surface area contributed by atoms with E-state index < -0.39 is 0 Å². The van der Waals surface area contributed by atoms with Crippen molar-refractivity contribution in [3.8, 4) is 0 Å². The molecule has 0 aliphatic rings. The Hall–Kier alpha value is -1.45. The highest BCUT2D eigenvalue weighted by Gasteiger charge is 1.98. The fourth-order valence-corrected chi connectivity index (χ4v) is 3.04. The highest BCUT2D eigenvalue weighted by molar-refractivity contribution is 7.22. The topological polar surface area (TPSA) is 12.4 Å². The number of benzene rings is 1. The standard InChI is InChI=1S/C13H9NS2/c1-2-4-12-11(3-1)7-13(16-12)14-8-10-5-6-15-9-10/h1-9H/b14-8-. The Morgan fingerprint density at radius 2 is 2.06 bits per heavy atom. The van der Waals surface area contributed by atoms with Gasteiger partial charge in [0, 0.05) is 16.5 Å². The molecule has 0 spiro atoms. The Balaban J connectivity index is 1.95. The van der Waals surface area contributed by atoms with Crippen molar-refractivity contribution in [1.82, 2.24) is 0 Å². The van der Waals surface area contributed by atoms with Crippen molar-refractivity contribution >= 4 is 44.0 Å². The zero-order valence-corrected chi connectivity index (χ0v) is 10.1. The number of rotatable bonds is 2. The molecule has 0 saturated carbocycles. The Morgan fingerprint density at radius 1 is 1.12 bits per heavy atom. The Bertz CT molecular complexity index is 587. The molecule has 0 aliphatic carbocycles. The number of hydrogen-bond donors (Lipinski definition) is 0. The van der Waals surface area contributed by atoms with Gasteiger partial charge in [0.25, 0.3) is 0 Å². The molecule has 3 rings (SSSR count). The van der Waals surface area contributed by atoms with Crippen LogP contribution in [0.4, 0.5) is 5.00 Å². The summed E-state index contributed by atoms with van der Waals surface area (Å²) in [4.78, 5) is 4.49. The lowest BCUT2D eigenvalue weighted by atomic mass is 10.3. The molecule has 0 N–H and O–H groups in total. The van der Waals surface area contributed by atoms with Crippen molar-refractivity contribution in [1.29, 1.82) is 0 Å². The first-order chi connectivity index (χ1) is 7.92. The molecule has 0 aliphatic heterocycles. The van der Waals surface area contributed by atoms with E-state index in [1.54, 1.807) is 22.7 Å². The molecule has 3 heteroatoms. The van der Waals surface area contributed by atoms with Crippen LogP contribution in [-0.2, 0) is 0 Å². The lowest BCUT2D eigenvalue weighted by Gasteiger charge is -1.83. The molecule has 0 amide bonds. The first-order valence-electron chi connectivity index (χ1n) is 4.97. The molecule has 2 aromatic heterocycles. The monoisotopic (exact) mass is 243 g/mol. The van der Waals surface area contributed by atoms with Gasteiger partial charge in [0.1, 0.15) is 5.00 Å². The van der Waals surface area contributed by atoms with Crippen LogP contribution in [0.5, 0.6) is 0 Å². The maximum atomic E-state index is 4.49. The summed E-state index contributed by atoms with van der Waals surface area (Å²) in [5, 5.41) is 6.49. The number of hydrogen-bond acceptors (Lipinski definition) is 3. The molecule has 0 saturated heterocycles. The predicted molar refractivity (Wildman–Crippen MR) is 73.4 cm³/mol. The number of thiophene rings is 2. The zero-order valence-electron chi connectivity index (χ0n) is 8.46. The third-order valence-electron chi connectivity index (χ3n) is 2.30. The largest absolute Gasteiger partial charge is 0.245 e. The summed E-state index contributed by atoms with van der Waals surface area (Å²) < 4.78 is 1.29. The van der Waals surface area contributed by atoms with Crippen LogP contribution in [0.3, 0.4) is 0 Å². The van der Waals surface area contributed by atoms with Crippen molar-refractivity contribution in [3.63, 3.8) is 0 Å². The van der Waals surface area contributed by atoms with Crippen LogP contribution in [0.1, 0.15) is 5.56 Å². The lowest BCUT2D eigenvalue weighted by molar-refractivity contribution is 1.65. The van der Waals surface area contributed by atoms with Crippen molar-refractivity contribution in [2.45, 2.75) is 0 Å². The molecule has 3 aromatic rings. The summed E-state index contributed by atoms with van der Waals surface area (Å²) in [5.41, 5.74) is 1.17. The smallest absolute Gasteiger partial charge is 0.117 e. The highest BCUT2D eigenvalue weighted by atomic mass is 32.1. The van der Waals surface area contributed by atoms with Gasteiger partial charge in [-0.1, -0.05) is 18.2 Å². The summed E-state index contributed by atoms with van der Waals surface area (Å²) in [6.07, 6.45) is 1.92. The lowest BCUT2D eigenvalue weighted by Crippen LogP contribution is -1.70. The fraction of sp³-hybridized carbons (Fsp3) is 0. The van der Waals surface area contributed by atoms with Crippen molar-refractivity contribution < 1.29 is 0 Å². The molecular weight excluding hydrogens is 234 g/mol. The van der Waals surface area contributed by atoms with Gasteiger partial charge in [0.2, 0.25) is 0 Å². The normalized spacial score (nSPS) is 11.5. The maximum Gasteiger partial charge on any atom is 0.117 e. The summed E-state index contributed by atoms with van der Waals surface area (Å²) in [7, 11) is 0. The van der Waals surface area contributed by atoms with E-state index in [-0.39, 0.29) is 0 Å². The van der Waals surface area contributed by atoms with Crippen LogP contribution in [0.2, 0.25) is 0 Å². The van der Waals surface area contributed by atoms with Crippen LogP contribution in [0.25, 0.3) is 10.1 Å². The molecule has 0 bridgehead atoms. The third-order valence-corrected chi connectivity index (χ3v) is 4.02. The number of fused-ring (bicyclic) bond motifs is 1. The van der Waals surface area contributed by atoms with E-state index in [0.29, 0.717) is 0 Å². The molecule has 1 aromatic carbocycles. The van der Waals surface area contributed by atoms with E-state index >= 15 is 0 Å². The second-order valence-corrected chi connectivity index (χ2v) is 5.28. The van der Waals surface area contributed by atoms with E-state index in [2.05, 4.69) is 52.2 Å². The SMILES string of the molecule is C(=N/c1cc2ccccc2s1)/c1ccsc1. The second kappa shape index (κ2) is 4.20. The minimum absolute atomic E-state index is 1.06. The van der Waals surface area contributed by atoms with E-state index in [1.165, 1.54) is 15.6 Å². The van der Waals surface area contributed by atoms with Gasteiger partial charge in [-0.2, -0.15) is 11.3 Å². The molecule has 0 fully saturated rings. The quantitative estimate of drug-likeness (QED) is 0.578. The van der Waals surface area contributed by atoms with Crippen LogP contribution in [0.15, 0.2) is 52.2 Å². The maximum absolute atomic E-state index is 4.49. The molecular formula is C13H9NS2.